The molecule has 0 unspecified atom stereocenters. The number of rotatable bonds is 4. The van der Waals surface area contributed by atoms with Crippen molar-refractivity contribution in [3.63, 3.8) is 0 Å². The molecule has 6 nitrogen and oxygen atoms in total. The van der Waals surface area contributed by atoms with E-state index < -0.39 is 16.1 Å². The van der Waals surface area contributed by atoms with Crippen LogP contribution in [0.4, 0.5) is 0 Å². The fourth-order valence-electron chi connectivity index (χ4n) is 3.43. The molecule has 0 spiro atoms. The van der Waals surface area contributed by atoms with Crippen molar-refractivity contribution in [2.45, 2.75) is 51.0 Å². The lowest BCUT2D eigenvalue weighted by Crippen LogP contribution is -2.45. The Bertz CT molecular complexity index is 811. The van der Waals surface area contributed by atoms with Crippen LogP contribution in [0.1, 0.15) is 45.6 Å². The molecule has 26 heavy (non-hydrogen) atoms. The van der Waals surface area contributed by atoms with Crippen molar-refractivity contribution in [3.8, 4) is 0 Å². The first kappa shape index (κ1) is 18.9. The molecular formula is C19H27N3O3S. The van der Waals surface area contributed by atoms with Crippen molar-refractivity contribution in [2.75, 3.05) is 13.1 Å². The molecule has 0 aromatic heterocycles. The molecule has 1 aromatic rings. The van der Waals surface area contributed by atoms with Gasteiger partial charge in [0.25, 0.3) is 10.0 Å². The van der Waals surface area contributed by atoms with Gasteiger partial charge in [0, 0.05) is 18.7 Å². The van der Waals surface area contributed by atoms with Gasteiger partial charge in [-0.3, -0.25) is 14.5 Å². The van der Waals surface area contributed by atoms with Crippen molar-refractivity contribution < 1.29 is 13.2 Å². The molecule has 1 amide bonds. The quantitative estimate of drug-likeness (QED) is 0.875. The second kappa shape index (κ2) is 7.39. The van der Waals surface area contributed by atoms with E-state index in [2.05, 4.69) is 16.6 Å². The van der Waals surface area contributed by atoms with Gasteiger partial charge in [-0.1, -0.05) is 39.3 Å². The summed E-state index contributed by atoms with van der Waals surface area (Å²) in [5.74, 6) is 0.958. The Morgan fingerprint density at radius 2 is 1.96 bits per heavy atom. The molecule has 2 atom stereocenters. The summed E-state index contributed by atoms with van der Waals surface area (Å²) < 4.78 is 27.1. The molecule has 2 heterocycles. The van der Waals surface area contributed by atoms with Gasteiger partial charge in [-0.25, -0.2) is 8.42 Å². The third kappa shape index (κ3) is 3.63. The number of carbonyl (C=O) groups excluding carboxylic acids is 1. The second-order valence-corrected chi connectivity index (χ2v) is 9.07. The zero-order chi connectivity index (χ0) is 18.9. The Morgan fingerprint density at radius 3 is 2.62 bits per heavy atom. The molecule has 1 saturated heterocycles. The van der Waals surface area contributed by atoms with Crippen LogP contribution in [-0.2, 0) is 14.8 Å². The number of benzene rings is 1. The lowest BCUT2D eigenvalue weighted by molar-refractivity contribution is -0.135. The maximum Gasteiger partial charge on any atom is 0.263 e. The molecule has 2 aliphatic heterocycles. The number of carbonyl (C=O) groups is 1. The summed E-state index contributed by atoms with van der Waals surface area (Å²) in [7, 11) is -3.60. The maximum atomic E-state index is 13.1. The third-order valence-electron chi connectivity index (χ3n) is 5.46. The van der Waals surface area contributed by atoms with Gasteiger partial charge in [0.2, 0.25) is 5.91 Å². The Hall–Kier alpha value is -1.89. The van der Waals surface area contributed by atoms with E-state index in [1.165, 1.54) is 0 Å². The molecular weight excluding hydrogens is 350 g/mol. The van der Waals surface area contributed by atoms with E-state index in [0.29, 0.717) is 11.5 Å². The number of nitrogens with one attached hydrogen (secondary N) is 1. The number of fused-ring (bicyclic) bond motifs is 1. The van der Waals surface area contributed by atoms with Gasteiger partial charge in [0.1, 0.15) is 11.9 Å². The number of sulfonamides is 1. The highest BCUT2D eigenvalue weighted by atomic mass is 32.2. The number of hydrogen-bond acceptors (Lipinski definition) is 4. The Kier molecular flexibility index (Phi) is 5.37. The fraction of sp³-hybridized carbons (Fsp3) is 0.579. The predicted octanol–water partition coefficient (Wildman–Crippen LogP) is 2.40. The van der Waals surface area contributed by atoms with Crippen LogP contribution in [0.5, 0.6) is 0 Å². The van der Waals surface area contributed by atoms with Gasteiger partial charge < -0.3 is 4.90 Å². The van der Waals surface area contributed by atoms with E-state index >= 15 is 0 Å². The predicted molar refractivity (Wildman–Crippen MR) is 102 cm³/mol. The highest BCUT2D eigenvalue weighted by molar-refractivity contribution is 7.90. The number of aliphatic imine (C=N–C) groups is 1. The van der Waals surface area contributed by atoms with Crippen LogP contribution in [0.2, 0.25) is 0 Å². The van der Waals surface area contributed by atoms with Gasteiger partial charge in [0.15, 0.2) is 0 Å². The summed E-state index contributed by atoms with van der Waals surface area (Å²) in [4.78, 5) is 19.8. The first-order valence-corrected chi connectivity index (χ1v) is 10.8. The standard InChI is InChI=1S/C19H27N3O3S/c1-4-14(3)17(19(23)22-11-9-13(2)10-12-22)20-18-15-7-5-6-8-16(15)26(24,25)21-18/h5-8,13-14,17H,4,9-12H2,1-3H3,(H,20,21)/t14-,17+/m0/s1. The summed E-state index contributed by atoms with van der Waals surface area (Å²) in [5, 5.41) is 0. The molecule has 1 N–H and O–H groups in total. The van der Waals surface area contributed by atoms with Crippen molar-refractivity contribution >= 4 is 21.8 Å². The smallest absolute Gasteiger partial charge is 0.263 e. The van der Waals surface area contributed by atoms with Crippen LogP contribution in [0, 0.1) is 11.8 Å². The molecule has 2 aliphatic rings. The monoisotopic (exact) mass is 377 g/mol. The minimum absolute atomic E-state index is 0.00216. The molecule has 0 aliphatic carbocycles. The van der Waals surface area contributed by atoms with E-state index in [-0.39, 0.29) is 22.6 Å². The Morgan fingerprint density at radius 1 is 1.31 bits per heavy atom. The van der Waals surface area contributed by atoms with Crippen molar-refractivity contribution in [2.24, 2.45) is 16.8 Å². The Labute approximate surface area is 155 Å². The molecule has 1 aromatic carbocycles. The van der Waals surface area contributed by atoms with Crippen LogP contribution in [0.25, 0.3) is 0 Å². The van der Waals surface area contributed by atoms with Gasteiger partial charge in [0.05, 0.1) is 4.90 Å². The number of hydrogen-bond donors (Lipinski definition) is 1. The second-order valence-electron chi connectivity index (χ2n) is 7.42. The number of likely N-dealkylation sites (tertiary alicyclic amines) is 1. The van der Waals surface area contributed by atoms with Crippen molar-refractivity contribution in [3.05, 3.63) is 29.8 Å². The van der Waals surface area contributed by atoms with Crippen LogP contribution in [0.15, 0.2) is 34.2 Å². The largest absolute Gasteiger partial charge is 0.341 e. The molecule has 0 saturated carbocycles. The topological polar surface area (TPSA) is 78.8 Å². The average molecular weight is 378 g/mol. The van der Waals surface area contributed by atoms with E-state index in [1.54, 1.807) is 24.3 Å². The average Bonchev–Trinajstić information content (AvgIpc) is 2.90. The van der Waals surface area contributed by atoms with Gasteiger partial charge in [-0.05, 0) is 36.8 Å². The molecule has 142 valence electrons. The van der Waals surface area contributed by atoms with Crippen LogP contribution in [0.3, 0.4) is 0 Å². The van der Waals surface area contributed by atoms with Crippen LogP contribution in [-0.4, -0.2) is 44.2 Å². The minimum atomic E-state index is -3.60. The van der Waals surface area contributed by atoms with E-state index in [1.807, 2.05) is 18.7 Å². The van der Waals surface area contributed by atoms with E-state index in [9.17, 15) is 13.2 Å². The summed E-state index contributed by atoms with van der Waals surface area (Å²) in [6, 6.07) is 6.19. The maximum absolute atomic E-state index is 13.1. The SMILES string of the molecule is CC[C@H](C)[C@@H](N=C1NS(=O)(=O)c2ccccc21)C(=O)N1CCC(C)CC1. The zero-order valence-electron chi connectivity index (χ0n) is 15.6. The fourth-order valence-corrected chi connectivity index (χ4v) is 4.67. The molecule has 7 heteroatoms. The van der Waals surface area contributed by atoms with Crippen molar-refractivity contribution in [1.29, 1.82) is 0 Å². The van der Waals surface area contributed by atoms with Crippen LogP contribution >= 0.6 is 0 Å². The van der Waals surface area contributed by atoms with Gasteiger partial charge in [-0.2, -0.15) is 0 Å². The van der Waals surface area contributed by atoms with Crippen LogP contribution < -0.4 is 4.72 Å². The lowest BCUT2D eigenvalue weighted by atomic mass is 9.95. The number of amides is 1. The molecule has 0 bridgehead atoms. The van der Waals surface area contributed by atoms with E-state index in [0.717, 1.165) is 32.4 Å². The first-order chi connectivity index (χ1) is 12.3. The minimum Gasteiger partial charge on any atom is -0.341 e. The van der Waals surface area contributed by atoms with Gasteiger partial charge >= 0.3 is 0 Å². The molecule has 3 rings (SSSR count). The number of nitrogens with zero attached hydrogens (tertiary/aromatic N) is 2. The molecule has 0 radical (unpaired) electrons. The summed E-state index contributed by atoms with van der Waals surface area (Å²) in [5.41, 5.74) is 0.542. The van der Waals surface area contributed by atoms with Crippen molar-refractivity contribution in [1.82, 2.24) is 9.62 Å². The summed E-state index contributed by atoms with van der Waals surface area (Å²) in [6.07, 6.45) is 2.81. The summed E-state index contributed by atoms with van der Waals surface area (Å²) >= 11 is 0. The van der Waals surface area contributed by atoms with E-state index in [4.69, 9.17) is 0 Å². The van der Waals surface area contributed by atoms with Gasteiger partial charge in [-0.15, -0.1) is 0 Å². The third-order valence-corrected chi connectivity index (χ3v) is 6.86. The number of piperidine rings is 1. The number of amidine groups is 1. The highest BCUT2D eigenvalue weighted by Crippen LogP contribution is 2.25. The molecule has 1 fully saturated rings. The normalized spacial score (nSPS) is 23.3. The highest BCUT2D eigenvalue weighted by Gasteiger charge is 2.35. The lowest BCUT2D eigenvalue weighted by Gasteiger charge is -2.33. The summed E-state index contributed by atoms with van der Waals surface area (Å²) in [6.45, 7) is 7.73. The Balaban J connectivity index is 1.92. The first-order valence-electron chi connectivity index (χ1n) is 9.32. The zero-order valence-corrected chi connectivity index (χ0v) is 16.4.